The second-order valence-corrected chi connectivity index (χ2v) is 4.59. The maximum absolute atomic E-state index is 6.00. The molecule has 1 aromatic heterocycles. The Kier molecular flexibility index (Phi) is 4.96. The van der Waals surface area contributed by atoms with Gasteiger partial charge >= 0.3 is 0 Å². The Labute approximate surface area is 107 Å². The van der Waals surface area contributed by atoms with Crippen molar-refractivity contribution < 1.29 is 4.74 Å². The summed E-state index contributed by atoms with van der Waals surface area (Å²) >= 11 is 6.00. The molecule has 1 rings (SSSR count). The number of rotatable bonds is 6. The molecule has 0 aliphatic rings. The average Bonchev–Trinajstić information content (AvgIpc) is 2.28. The average molecular weight is 259 g/mol. The largest absolute Gasteiger partial charge is 0.374 e. The Morgan fingerprint density at radius 1 is 1.47 bits per heavy atom. The van der Waals surface area contributed by atoms with E-state index in [2.05, 4.69) is 20.6 Å². The van der Waals surface area contributed by atoms with Crippen molar-refractivity contribution in [1.82, 2.24) is 9.97 Å². The van der Waals surface area contributed by atoms with E-state index in [1.807, 2.05) is 20.8 Å². The van der Waals surface area contributed by atoms with Gasteiger partial charge in [-0.05, 0) is 20.8 Å². The molecule has 1 heterocycles. The van der Waals surface area contributed by atoms with Crippen LogP contribution in [0.5, 0.6) is 0 Å². The van der Waals surface area contributed by atoms with E-state index in [9.17, 15) is 0 Å². The lowest BCUT2D eigenvalue weighted by Gasteiger charge is -2.25. The van der Waals surface area contributed by atoms with E-state index in [-0.39, 0.29) is 5.60 Å². The molecule has 0 atom stereocenters. The highest BCUT2D eigenvalue weighted by atomic mass is 35.5. The third kappa shape index (κ3) is 4.36. The number of anilines is 2. The minimum Gasteiger partial charge on any atom is -0.374 e. The molecule has 0 saturated heterocycles. The van der Waals surface area contributed by atoms with Gasteiger partial charge in [-0.15, -0.1) is 0 Å². The van der Waals surface area contributed by atoms with Crippen molar-refractivity contribution in [1.29, 1.82) is 0 Å². The lowest BCUT2D eigenvalue weighted by molar-refractivity contribution is 0.000644. The Balaban J connectivity index is 2.68. The topological polar surface area (TPSA) is 59.1 Å². The van der Waals surface area contributed by atoms with Gasteiger partial charge in [-0.2, -0.15) is 4.98 Å². The first-order chi connectivity index (χ1) is 7.98. The van der Waals surface area contributed by atoms with Crippen LogP contribution >= 0.6 is 11.6 Å². The van der Waals surface area contributed by atoms with E-state index in [0.717, 1.165) is 0 Å². The van der Waals surface area contributed by atoms with Gasteiger partial charge in [0.1, 0.15) is 5.02 Å². The van der Waals surface area contributed by atoms with Crippen molar-refractivity contribution in [3.05, 3.63) is 11.2 Å². The Morgan fingerprint density at radius 3 is 2.76 bits per heavy atom. The minimum absolute atomic E-state index is 0.261. The van der Waals surface area contributed by atoms with Crippen molar-refractivity contribution in [2.75, 3.05) is 30.8 Å². The van der Waals surface area contributed by atoms with E-state index in [1.165, 1.54) is 0 Å². The molecule has 0 unspecified atom stereocenters. The van der Waals surface area contributed by atoms with Gasteiger partial charge in [0, 0.05) is 20.2 Å². The molecule has 0 radical (unpaired) electrons. The van der Waals surface area contributed by atoms with Crippen molar-refractivity contribution in [2.45, 2.75) is 26.4 Å². The third-order valence-electron chi connectivity index (χ3n) is 2.18. The van der Waals surface area contributed by atoms with Crippen LogP contribution in [0.1, 0.15) is 20.8 Å². The molecule has 1 aromatic rings. The highest BCUT2D eigenvalue weighted by Gasteiger charge is 2.18. The van der Waals surface area contributed by atoms with Crippen molar-refractivity contribution >= 4 is 23.4 Å². The maximum Gasteiger partial charge on any atom is 0.224 e. The summed E-state index contributed by atoms with van der Waals surface area (Å²) in [5.74, 6) is 1.14. The van der Waals surface area contributed by atoms with E-state index < -0.39 is 0 Å². The summed E-state index contributed by atoms with van der Waals surface area (Å²) in [6.45, 7) is 7.29. The fourth-order valence-corrected chi connectivity index (χ4v) is 1.51. The SMILES string of the molecule is CCOC(C)(C)CNc1nc(NC)ncc1Cl. The predicted molar refractivity (Wildman–Crippen MR) is 70.8 cm³/mol. The van der Waals surface area contributed by atoms with Crippen LogP contribution < -0.4 is 10.6 Å². The van der Waals surface area contributed by atoms with Crippen molar-refractivity contribution in [3.8, 4) is 0 Å². The fourth-order valence-electron chi connectivity index (χ4n) is 1.35. The highest BCUT2D eigenvalue weighted by molar-refractivity contribution is 6.32. The molecule has 0 aromatic carbocycles. The highest BCUT2D eigenvalue weighted by Crippen LogP contribution is 2.20. The molecule has 0 fully saturated rings. The zero-order chi connectivity index (χ0) is 12.9. The lowest BCUT2D eigenvalue weighted by atomic mass is 10.1. The summed E-state index contributed by atoms with van der Waals surface area (Å²) in [5, 5.41) is 6.53. The Hall–Kier alpha value is -1.07. The predicted octanol–water partition coefficient (Wildman–Crippen LogP) is 2.40. The minimum atomic E-state index is -0.261. The number of hydrogen-bond donors (Lipinski definition) is 2. The maximum atomic E-state index is 6.00. The summed E-state index contributed by atoms with van der Waals surface area (Å²) < 4.78 is 5.58. The third-order valence-corrected chi connectivity index (χ3v) is 2.46. The molecule has 96 valence electrons. The Morgan fingerprint density at radius 2 is 2.18 bits per heavy atom. The molecule has 0 spiro atoms. The normalized spacial score (nSPS) is 11.4. The second-order valence-electron chi connectivity index (χ2n) is 4.19. The zero-order valence-electron chi connectivity index (χ0n) is 10.7. The monoisotopic (exact) mass is 258 g/mol. The van der Waals surface area contributed by atoms with E-state index in [1.54, 1.807) is 13.2 Å². The molecule has 0 aliphatic carbocycles. The van der Waals surface area contributed by atoms with Gasteiger partial charge in [0.2, 0.25) is 5.95 Å². The lowest BCUT2D eigenvalue weighted by Crippen LogP contribution is -2.33. The molecular formula is C11H19ClN4O. The quantitative estimate of drug-likeness (QED) is 0.821. The first kappa shape index (κ1) is 14.0. The molecule has 6 heteroatoms. The molecular weight excluding hydrogens is 240 g/mol. The summed E-state index contributed by atoms with van der Waals surface area (Å²) in [4.78, 5) is 8.25. The molecule has 0 aliphatic heterocycles. The number of hydrogen-bond acceptors (Lipinski definition) is 5. The second kappa shape index (κ2) is 6.02. The van der Waals surface area contributed by atoms with Crippen LogP contribution in [-0.2, 0) is 4.74 Å². The summed E-state index contributed by atoms with van der Waals surface area (Å²) in [6, 6.07) is 0. The van der Waals surface area contributed by atoms with E-state index >= 15 is 0 Å². The molecule has 0 amide bonds. The number of ether oxygens (including phenoxy) is 1. The van der Waals surface area contributed by atoms with Gasteiger partial charge in [-0.3, -0.25) is 0 Å². The van der Waals surface area contributed by atoms with Crippen LogP contribution in [0.25, 0.3) is 0 Å². The molecule has 2 N–H and O–H groups in total. The van der Waals surface area contributed by atoms with Crippen molar-refractivity contribution in [3.63, 3.8) is 0 Å². The number of nitrogens with zero attached hydrogens (tertiary/aromatic N) is 2. The Bertz CT molecular complexity index is 370. The van der Waals surface area contributed by atoms with Crippen LogP contribution in [0.15, 0.2) is 6.20 Å². The van der Waals surface area contributed by atoms with Gasteiger partial charge in [0.15, 0.2) is 5.82 Å². The number of aromatic nitrogens is 2. The van der Waals surface area contributed by atoms with Crippen LogP contribution in [-0.4, -0.2) is 35.8 Å². The molecule has 5 nitrogen and oxygen atoms in total. The molecule has 0 bridgehead atoms. The smallest absolute Gasteiger partial charge is 0.224 e. The molecule has 17 heavy (non-hydrogen) atoms. The van der Waals surface area contributed by atoms with Crippen LogP contribution in [0, 0.1) is 0 Å². The first-order valence-electron chi connectivity index (χ1n) is 5.56. The number of halogens is 1. The van der Waals surface area contributed by atoms with Gasteiger partial charge in [-0.1, -0.05) is 11.6 Å². The summed E-state index contributed by atoms with van der Waals surface area (Å²) in [6.07, 6.45) is 1.57. The van der Waals surface area contributed by atoms with Gasteiger partial charge < -0.3 is 15.4 Å². The van der Waals surface area contributed by atoms with Crippen LogP contribution in [0.3, 0.4) is 0 Å². The zero-order valence-corrected chi connectivity index (χ0v) is 11.4. The summed E-state index contributed by atoms with van der Waals surface area (Å²) in [5.41, 5.74) is -0.261. The van der Waals surface area contributed by atoms with Crippen molar-refractivity contribution in [2.24, 2.45) is 0 Å². The van der Waals surface area contributed by atoms with E-state index in [0.29, 0.717) is 29.9 Å². The summed E-state index contributed by atoms with van der Waals surface area (Å²) in [7, 11) is 1.76. The van der Waals surface area contributed by atoms with Gasteiger partial charge in [0.05, 0.1) is 11.8 Å². The standard InChI is InChI=1S/C11H19ClN4O/c1-5-17-11(2,3)7-15-9-8(12)6-14-10(13-4)16-9/h6H,5,7H2,1-4H3,(H2,13,14,15,16). The first-order valence-corrected chi connectivity index (χ1v) is 5.94. The fraction of sp³-hybridized carbons (Fsp3) is 0.636. The van der Waals surface area contributed by atoms with Crippen LogP contribution in [0.4, 0.5) is 11.8 Å². The van der Waals surface area contributed by atoms with Gasteiger partial charge in [-0.25, -0.2) is 4.98 Å². The molecule has 0 saturated carbocycles. The number of nitrogens with one attached hydrogen (secondary N) is 2. The van der Waals surface area contributed by atoms with Crippen LogP contribution in [0.2, 0.25) is 5.02 Å². The van der Waals surface area contributed by atoms with Gasteiger partial charge in [0.25, 0.3) is 0 Å². The van der Waals surface area contributed by atoms with E-state index in [4.69, 9.17) is 16.3 Å².